The van der Waals surface area contributed by atoms with Crippen LogP contribution in [0.15, 0.2) is 91.0 Å². The summed E-state index contributed by atoms with van der Waals surface area (Å²) in [5.41, 5.74) is 3.62. The van der Waals surface area contributed by atoms with E-state index in [1.165, 1.54) is 18.2 Å². The molecule has 6 rings (SSSR count). The maximum absolute atomic E-state index is 12.8. The molecule has 2 aliphatic heterocycles. The number of carbonyl (C=O) groups is 2. The first-order valence-corrected chi connectivity index (χ1v) is 21.8. The van der Waals surface area contributed by atoms with Crippen molar-refractivity contribution < 1.29 is 74.5 Å². The number of aromatic hydroxyl groups is 1. The van der Waals surface area contributed by atoms with E-state index in [9.17, 15) is 55.5 Å². The zero-order valence-corrected chi connectivity index (χ0v) is 38.2. The van der Waals surface area contributed by atoms with Gasteiger partial charge in [0.1, 0.15) is 71.6 Å². The number of phenols is 1. The molecule has 17 heteroatoms. The quantitative estimate of drug-likeness (QED) is 0.0975. The van der Waals surface area contributed by atoms with Crippen LogP contribution in [0.25, 0.3) is 0 Å². The second kappa shape index (κ2) is 28.7. The third-order valence-corrected chi connectivity index (χ3v) is 9.75. The van der Waals surface area contributed by atoms with Crippen LogP contribution in [0.4, 0.5) is 0 Å². The number of ether oxygens (including phenoxy) is 4. The predicted octanol–water partition coefficient (Wildman–Crippen LogP) is 2.99. The normalized spacial score (nSPS) is 24.3. The highest BCUT2D eigenvalue weighted by molar-refractivity contribution is 5.99. The van der Waals surface area contributed by atoms with Crippen LogP contribution in [0.3, 0.4) is 0 Å². The highest BCUT2D eigenvalue weighted by atomic mass is 16.7. The second-order valence-electron chi connectivity index (χ2n) is 14.1. The lowest BCUT2D eigenvalue weighted by atomic mass is 9.99. The molecular formula is C48H68N2O15. The van der Waals surface area contributed by atoms with Gasteiger partial charge in [0.25, 0.3) is 11.8 Å². The van der Waals surface area contributed by atoms with Gasteiger partial charge in [0, 0.05) is 13.1 Å². The van der Waals surface area contributed by atoms with E-state index < -0.39 is 80.5 Å². The number of aliphatic hydroxyl groups is 8. The van der Waals surface area contributed by atoms with Crippen molar-refractivity contribution in [2.24, 2.45) is 0 Å². The molecule has 2 heterocycles. The van der Waals surface area contributed by atoms with Crippen molar-refractivity contribution in [3.8, 4) is 17.2 Å². The first-order valence-electron chi connectivity index (χ1n) is 21.8. The van der Waals surface area contributed by atoms with Crippen LogP contribution in [0.5, 0.6) is 17.2 Å². The largest absolute Gasteiger partial charge is 0.507 e. The monoisotopic (exact) mass is 912 g/mol. The van der Waals surface area contributed by atoms with Crippen molar-refractivity contribution in [2.45, 2.75) is 130 Å². The molecule has 2 saturated heterocycles. The summed E-state index contributed by atoms with van der Waals surface area (Å²) in [4.78, 5) is 25.5. The lowest BCUT2D eigenvalue weighted by Crippen LogP contribution is -2.60. The summed E-state index contributed by atoms with van der Waals surface area (Å²) in [6, 6.07) is 26.1. The van der Waals surface area contributed by atoms with Gasteiger partial charge in [-0.05, 0) is 48.7 Å². The van der Waals surface area contributed by atoms with Gasteiger partial charge in [0.05, 0.1) is 18.8 Å². The third-order valence-electron chi connectivity index (χ3n) is 9.75. The summed E-state index contributed by atoms with van der Waals surface area (Å²) in [5, 5.41) is 94.3. The molecule has 0 spiro atoms. The number of nitrogens with one attached hydrogen (secondary N) is 2. The molecule has 65 heavy (non-hydrogen) atoms. The summed E-state index contributed by atoms with van der Waals surface area (Å²) in [6.07, 6.45) is -14.5. The Kier molecular flexibility index (Phi) is 24.7. The molecule has 17 nitrogen and oxygen atoms in total. The fraction of sp³-hybridized carbons (Fsp3) is 0.458. The van der Waals surface area contributed by atoms with Crippen LogP contribution in [-0.4, -0.2) is 132 Å². The molecule has 2 amide bonds. The average Bonchev–Trinajstić information content (AvgIpc) is 3.33. The molecule has 4 aromatic rings. The Hall–Kier alpha value is -5.18. The van der Waals surface area contributed by atoms with E-state index in [-0.39, 0.29) is 40.8 Å². The van der Waals surface area contributed by atoms with Gasteiger partial charge in [-0.3, -0.25) is 9.59 Å². The standard InChI is InChI=1S/C21H25NO8.C21H25NO7.3C2H6/c1-11-5-7-12(8-6-11)9-22-20(28)16-13(24)3-2-4-14(16)29-21-19(27)18(26)17(25)15(10-23)30-21;1-12-6-5-9-14(16(12)20(27)22-10-13-7-3-2-4-8-13)28-21-19(26)18(25)17(24)15(11-23)29-21;3*1-2/h2-8,15,17-19,21,23-27H,9-10H2,1H3,(H,22,28);2-9,15,17-19,21,23-26H,10-11H2,1H3,(H,22,27);3*1-2H3/t2*15-,17-,18+,19-,21-;;;/m11.../s1. The van der Waals surface area contributed by atoms with Crippen LogP contribution in [0, 0.1) is 13.8 Å². The van der Waals surface area contributed by atoms with Crippen LogP contribution in [0.2, 0.25) is 0 Å². The van der Waals surface area contributed by atoms with Crippen LogP contribution < -0.4 is 20.1 Å². The van der Waals surface area contributed by atoms with Crippen molar-refractivity contribution in [3.63, 3.8) is 0 Å². The number of carbonyl (C=O) groups excluding carboxylic acids is 2. The number of aliphatic hydroxyl groups excluding tert-OH is 8. The Morgan fingerprint density at radius 3 is 1.40 bits per heavy atom. The van der Waals surface area contributed by atoms with Crippen molar-refractivity contribution in [1.29, 1.82) is 0 Å². The van der Waals surface area contributed by atoms with E-state index in [4.69, 9.17) is 18.9 Å². The molecule has 11 N–H and O–H groups in total. The van der Waals surface area contributed by atoms with Crippen molar-refractivity contribution in [2.75, 3.05) is 13.2 Å². The minimum atomic E-state index is -1.64. The Morgan fingerprint density at radius 1 is 0.523 bits per heavy atom. The number of benzene rings is 4. The fourth-order valence-corrected chi connectivity index (χ4v) is 6.30. The first kappa shape index (κ1) is 56.0. The fourth-order valence-electron chi connectivity index (χ4n) is 6.30. The second-order valence-corrected chi connectivity index (χ2v) is 14.1. The maximum atomic E-state index is 12.8. The summed E-state index contributed by atoms with van der Waals surface area (Å²) in [7, 11) is 0. The number of hydrogen-bond donors (Lipinski definition) is 11. The Labute approximate surface area is 380 Å². The molecule has 2 fully saturated rings. The predicted molar refractivity (Wildman–Crippen MR) is 242 cm³/mol. The minimum Gasteiger partial charge on any atom is -0.507 e. The van der Waals surface area contributed by atoms with E-state index in [1.807, 2.05) is 103 Å². The zero-order chi connectivity index (χ0) is 48.8. The number of hydrogen-bond acceptors (Lipinski definition) is 15. The summed E-state index contributed by atoms with van der Waals surface area (Å²) in [5.74, 6) is -1.28. The SMILES string of the molecule is CC.CC.CC.Cc1ccc(CNC(=O)c2c(O)cccc2O[C@@H]2O[C@H](CO)[C@@H](O)[C@H](O)[C@H]2O)cc1.Cc1cccc(O[C@@H]2O[C@H](CO)[C@@H](O)[C@H](O)[C@H]2O)c1C(=O)NCc1ccccc1. The Balaban J connectivity index is 0.000000401. The van der Waals surface area contributed by atoms with Crippen LogP contribution >= 0.6 is 0 Å². The van der Waals surface area contributed by atoms with Gasteiger partial charge in [-0.25, -0.2) is 0 Å². The highest BCUT2D eigenvalue weighted by Crippen LogP contribution is 2.32. The van der Waals surface area contributed by atoms with Crippen LogP contribution in [0.1, 0.15) is 84.5 Å². The van der Waals surface area contributed by atoms with E-state index >= 15 is 0 Å². The Bertz CT molecular complexity index is 1980. The zero-order valence-electron chi connectivity index (χ0n) is 38.2. The number of phenolic OH excluding ortho intramolecular Hbond substituents is 1. The molecule has 0 radical (unpaired) electrons. The Morgan fingerprint density at radius 2 is 0.938 bits per heavy atom. The van der Waals surface area contributed by atoms with Crippen molar-refractivity contribution in [1.82, 2.24) is 10.6 Å². The van der Waals surface area contributed by atoms with Crippen molar-refractivity contribution in [3.05, 3.63) is 124 Å². The summed E-state index contributed by atoms with van der Waals surface area (Å²) < 4.78 is 21.9. The van der Waals surface area contributed by atoms with Gasteiger partial charge in [-0.2, -0.15) is 0 Å². The summed E-state index contributed by atoms with van der Waals surface area (Å²) in [6.45, 7) is 15.1. The maximum Gasteiger partial charge on any atom is 0.259 e. The van der Waals surface area contributed by atoms with Gasteiger partial charge >= 0.3 is 0 Å². The van der Waals surface area contributed by atoms with Crippen molar-refractivity contribution >= 4 is 11.8 Å². The lowest BCUT2D eigenvalue weighted by Gasteiger charge is -2.39. The van der Waals surface area contributed by atoms with E-state index in [0.29, 0.717) is 12.1 Å². The molecular weight excluding hydrogens is 845 g/mol. The third kappa shape index (κ3) is 15.5. The summed E-state index contributed by atoms with van der Waals surface area (Å²) >= 11 is 0. The van der Waals surface area contributed by atoms with Gasteiger partial charge in [0.2, 0.25) is 12.6 Å². The first-order chi connectivity index (χ1) is 31.2. The molecule has 2 aliphatic rings. The van der Waals surface area contributed by atoms with E-state index in [0.717, 1.165) is 16.7 Å². The molecule has 0 unspecified atom stereocenters. The smallest absolute Gasteiger partial charge is 0.259 e. The van der Waals surface area contributed by atoms with Gasteiger partial charge < -0.3 is 75.5 Å². The molecule has 0 aromatic heterocycles. The number of aryl methyl sites for hydroxylation is 2. The topological polar surface area (TPSA) is 277 Å². The highest BCUT2D eigenvalue weighted by Gasteiger charge is 2.46. The number of amides is 2. The molecule has 0 aliphatic carbocycles. The molecule has 10 atom stereocenters. The minimum absolute atomic E-state index is 0.0965. The lowest BCUT2D eigenvalue weighted by molar-refractivity contribution is -0.277. The molecule has 360 valence electrons. The molecule has 0 bridgehead atoms. The van der Waals surface area contributed by atoms with E-state index in [2.05, 4.69) is 10.6 Å². The average molecular weight is 913 g/mol. The molecule has 0 saturated carbocycles. The van der Waals surface area contributed by atoms with Gasteiger partial charge in [-0.15, -0.1) is 0 Å². The van der Waals surface area contributed by atoms with E-state index in [1.54, 1.807) is 25.1 Å². The van der Waals surface area contributed by atoms with Gasteiger partial charge in [-0.1, -0.05) is 120 Å². The number of rotatable bonds is 12. The van der Waals surface area contributed by atoms with Crippen LogP contribution in [-0.2, 0) is 22.6 Å². The molecule has 4 aromatic carbocycles. The van der Waals surface area contributed by atoms with Gasteiger partial charge in [0.15, 0.2) is 0 Å².